The van der Waals surface area contributed by atoms with Gasteiger partial charge in [0.15, 0.2) is 5.82 Å². The first-order valence-electron chi connectivity index (χ1n) is 10.2. The van der Waals surface area contributed by atoms with Gasteiger partial charge in [0, 0.05) is 29.2 Å². The number of halogens is 4. The van der Waals surface area contributed by atoms with Crippen molar-refractivity contribution in [2.75, 3.05) is 5.32 Å². The average molecular weight is 500 g/mol. The third-order valence-corrected chi connectivity index (χ3v) is 5.18. The first-order valence-corrected chi connectivity index (χ1v) is 10.5. The Morgan fingerprint density at radius 2 is 2.00 bits per heavy atom. The normalized spacial score (nSPS) is 11.4. The Labute approximate surface area is 202 Å². The summed E-state index contributed by atoms with van der Waals surface area (Å²) in [7, 11) is 0. The number of anilines is 2. The third kappa shape index (κ3) is 5.49. The highest BCUT2D eigenvalue weighted by Crippen LogP contribution is 2.30. The smallest absolute Gasteiger partial charge is 0.328 e. The van der Waals surface area contributed by atoms with Crippen molar-refractivity contribution in [3.05, 3.63) is 88.6 Å². The monoisotopic (exact) mass is 499 g/mol. The number of nitrogens with zero attached hydrogens (tertiary/aromatic N) is 4. The highest BCUT2D eigenvalue weighted by molar-refractivity contribution is 6.31. The van der Waals surface area contributed by atoms with Crippen molar-refractivity contribution in [1.82, 2.24) is 19.7 Å². The topological polar surface area (TPSA) is 92.9 Å². The Balaban J connectivity index is 1.83. The van der Waals surface area contributed by atoms with E-state index in [1.54, 1.807) is 31.2 Å². The number of carboxylic acid groups (broad SMARTS) is 1. The van der Waals surface area contributed by atoms with Gasteiger partial charge in [0.2, 0.25) is 5.95 Å². The molecule has 0 fully saturated rings. The van der Waals surface area contributed by atoms with Crippen LogP contribution in [0.4, 0.5) is 24.8 Å². The lowest BCUT2D eigenvalue weighted by atomic mass is 10.0. The molecule has 178 valence electrons. The molecule has 35 heavy (non-hydrogen) atoms. The Morgan fingerprint density at radius 1 is 1.20 bits per heavy atom. The van der Waals surface area contributed by atoms with E-state index in [-0.39, 0.29) is 16.8 Å². The standard InChI is InChI=1S/C24H17ClF3N5O2/c1-13-9-20(22(27)28)32-33(13)23-17(15-4-2-3-14(10-15)5-8-21(34)35)12-29-24(31-23)30-16-6-7-19(26)18(25)11-16/h2-12,22H,1H3,(H,34,35)(H,29,30,31). The van der Waals surface area contributed by atoms with Crippen LogP contribution in [0.2, 0.25) is 5.02 Å². The number of aliphatic carboxylic acids is 1. The van der Waals surface area contributed by atoms with Gasteiger partial charge in [-0.2, -0.15) is 10.1 Å². The summed E-state index contributed by atoms with van der Waals surface area (Å²) in [6.07, 6.45) is 1.14. The number of carboxylic acids is 1. The van der Waals surface area contributed by atoms with Crippen molar-refractivity contribution < 1.29 is 23.1 Å². The maximum absolute atomic E-state index is 13.5. The molecule has 4 aromatic rings. The maximum atomic E-state index is 13.5. The molecule has 0 unspecified atom stereocenters. The van der Waals surface area contributed by atoms with E-state index in [9.17, 15) is 18.0 Å². The fourth-order valence-corrected chi connectivity index (χ4v) is 3.48. The van der Waals surface area contributed by atoms with Gasteiger partial charge in [-0.05, 0) is 54.5 Å². The largest absolute Gasteiger partial charge is 0.478 e. The predicted molar refractivity (Wildman–Crippen MR) is 126 cm³/mol. The van der Waals surface area contributed by atoms with Crippen LogP contribution in [0.5, 0.6) is 0 Å². The van der Waals surface area contributed by atoms with Crippen LogP contribution in [0.15, 0.2) is 60.8 Å². The van der Waals surface area contributed by atoms with Crippen LogP contribution in [0, 0.1) is 12.7 Å². The van der Waals surface area contributed by atoms with Crippen LogP contribution >= 0.6 is 11.6 Å². The van der Waals surface area contributed by atoms with E-state index >= 15 is 0 Å². The van der Waals surface area contributed by atoms with Crippen molar-refractivity contribution in [2.24, 2.45) is 0 Å². The number of hydrogen-bond acceptors (Lipinski definition) is 5. The zero-order chi connectivity index (χ0) is 25.1. The van der Waals surface area contributed by atoms with Gasteiger partial charge in [0.05, 0.1) is 5.02 Å². The molecule has 2 N–H and O–H groups in total. The number of rotatable bonds is 7. The molecule has 4 rings (SSSR count). The van der Waals surface area contributed by atoms with Gasteiger partial charge in [-0.1, -0.05) is 29.8 Å². The summed E-state index contributed by atoms with van der Waals surface area (Å²) in [5, 5.41) is 15.7. The molecule has 0 atom stereocenters. The minimum Gasteiger partial charge on any atom is -0.478 e. The van der Waals surface area contributed by atoms with Crippen LogP contribution in [-0.2, 0) is 4.79 Å². The minimum absolute atomic E-state index is 0.0948. The van der Waals surface area contributed by atoms with E-state index in [0.29, 0.717) is 28.1 Å². The molecule has 0 saturated heterocycles. The number of aromatic nitrogens is 4. The Kier molecular flexibility index (Phi) is 6.83. The number of carbonyl (C=O) groups is 1. The predicted octanol–water partition coefficient (Wildman–Crippen LogP) is 6.21. The van der Waals surface area contributed by atoms with Crippen LogP contribution in [0.3, 0.4) is 0 Å². The van der Waals surface area contributed by atoms with Crippen LogP contribution in [0.1, 0.15) is 23.4 Å². The highest BCUT2D eigenvalue weighted by Gasteiger charge is 2.19. The molecule has 2 aromatic carbocycles. The second-order valence-corrected chi connectivity index (χ2v) is 7.81. The Hall–Kier alpha value is -4.18. The van der Waals surface area contributed by atoms with E-state index < -0.39 is 23.9 Å². The summed E-state index contributed by atoms with van der Waals surface area (Å²) in [5.41, 5.74) is 2.09. The number of hydrogen-bond donors (Lipinski definition) is 2. The molecule has 0 aliphatic heterocycles. The highest BCUT2D eigenvalue weighted by atomic mass is 35.5. The van der Waals surface area contributed by atoms with E-state index in [2.05, 4.69) is 20.4 Å². The van der Waals surface area contributed by atoms with Gasteiger partial charge in [0.25, 0.3) is 6.43 Å². The van der Waals surface area contributed by atoms with E-state index in [1.165, 1.54) is 41.2 Å². The second kappa shape index (κ2) is 9.98. The molecule has 0 radical (unpaired) electrons. The summed E-state index contributed by atoms with van der Waals surface area (Å²) in [6, 6.07) is 12.1. The summed E-state index contributed by atoms with van der Waals surface area (Å²) >= 11 is 5.84. The lowest BCUT2D eigenvalue weighted by Crippen LogP contribution is -2.08. The number of nitrogens with one attached hydrogen (secondary N) is 1. The number of alkyl halides is 2. The molecule has 2 aromatic heterocycles. The molecule has 0 amide bonds. The molecule has 0 spiro atoms. The molecular weight excluding hydrogens is 483 g/mol. The zero-order valence-electron chi connectivity index (χ0n) is 18.1. The van der Waals surface area contributed by atoms with Crippen molar-refractivity contribution in [3.63, 3.8) is 0 Å². The summed E-state index contributed by atoms with van der Waals surface area (Å²) in [5.74, 6) is -1.37. The summed E-state index contributed by atoms with van der Waals surface area (Å²) < 4.78 is 41.4. The quantitative estimate of drug-likeness (QED) is 0.294. The van der Waals surface area contributed by atoms with Gasteiger partial charge in [-0.15, -0.1) is 0 Å². The first kappa shape index (κ1) is 24.0. The maximum Gasteiger partial charge on any atom is 0.328 e. The summed E-state index contributed by atoms with van der Waals surface area (Å²) in [6.45, 7) is 1.61. The lowest BCUT2D eigenvalue weighted by Gasteiger charge is -2.13. The zero-order valence-corrected chi connectivity index (χ0v) is 18.8. The van der Waals surface area contributed by atoms with E-state index in [0.717, 1.165) is 6.08 Å². The van der Waals surface area contributed by atoms with Crippen molar-refractivity contribution in [1.29, 1.82) is 0 Å². The molecule has 11 heteroatoms. The molecule has 2 heterocycles. The molecule has 0 bridgehead atoms. The first-order chi connectivity index (χ1) is 16.7. The number of benzene rings is 2. The van der Waals surface area contributed by atoms with Crippen molar-refractivity contribution >= 4 is 35.3 Å². The Morgan fingerprint density at radius 3 is 2.69 bits per heavy atom. The van der Waals surface area contributed by atoms with Gasteiger partial charge < -0.3 is 10.4 Å². The van der Waals surface area contributed by atoms with Gasteiger partial charge >= 0.3 is 5.97 Å². The fraction of sp³-hybridized carbons (Fsp3) is 0.0833. The van der Waals surface area contributed by atoms with E-state index in [4.69, 9.17) is 16.7 Å². The van der Waals surface area contributed by atoms with E-state index in [1.807, 2.05) is 0 Å². The van der Waals surface area contributed by atoms with Crippen LogP contribution in [0.25, 0.3) is 23.0 Å². The average Bonchev–Trinajstić information content (AvgIpc) is 3.22. The minimum atomic E-state index is -2.77. The van der Waals surface area contributed by atoms with Gasteiger partial charge in [0.1, 0.15) is 11.5 Å². The lowest BCUT2D eigenvalue weighted by molar-refractivity contribution is -0.131. The molecule has 0 aliphatic carbocycles. The number of aryl methyl sites for hydroxylation is 1. The second-order valence-electron chi connectivity index (χ2n) is 7.40. The molecule has 0 aliphatic rings. The van der Waals surface area contributed by atoms with Crippen molar-refractivity contribution in [3.8, 4) is 16.9 Å². The van der Waals surface area contributed by atoms with Gasteiger partial charge in [-0.25, -0.2) is 27.6 Å². The molecule has 7 nitrogen and oxygen atoms in total. The summed E-state index contributed by atoms with van der Waals surface area (Å²) in [4.78, 5) is 19.7. The van der Waals surface area contributed by atoms with Crippen LogP contribution in [-0.4, -0.2) is 30.8 Å². The third-order valence-electron chi connectivity index (χ3n) is 4.89. The van der Waals surface area contributed by atoms with Crippen molar-refractivity contribution in [2.45, 2.75) is 13.3 Å². The molecular formula is C24H17ClF3N5O2. The van der Waals surface area contributed by atoms with Gasteiger partial charge in [-0.3, -0.25) is 0 Å². The molecule has 0 saturated carbocycles. The SMILES string of the molecule is Cc1cc(C(F)F)nn1-c1nc(Nc2ccc(F)c(Cl)c2)ncc1-c1cccc(C=CC(=O)O)c1. The fourth-order valence-electron chi connectivity index (χ4n) is 3.30. The Bertz CT molecular complexity index is 1440. The van der Waals surface area contributed by atoms with Crippen LogP contribution < -0.4 is 5.32 Å².